The van der Waals surface area contributed by atoms with E-state index in [4.69, 9.17) is 5.11 Å². The first kappa shape index (κ1) is 19.7. The predicted octanol–water partition coefficient (Wildman–Crippen LogP) is 2.88. The first-order valence-electron chi connectivity index (χ1n) is 8.17. The average molecular weight is 370 g/mol. The molecule has 10 heteroatoms. The number of anilines is 4. The summed E-state index contributed by atoms with van der Waals surface area (Å²) in [5.74, 6) is 0.896. The highest BCUT2D eigenvalue weighted by Gasteiger charge is 2.29. The van der Waals surface area contributed by atoms with Crippen LogP contribution in [0, 0.1) is 0 Å². The van der Waals surface area contributed by atoms with Gasteiger partial charge in [0.2, 0.25) is 17.8 Å². The summed E-state index contributed by atoms with van der Waals surface area (Å²) in [5.41, 5.74) is -0.310. The third kappa shape index (κ3) is 5.19. The van der Waals surface area contributed by atoms with Gasteiger partial charge in [-0.2, -0.15) is 28.1 Å². The molecule has 0 unspecified atom stereocenters. The van der Waals surface area contributed by atoms with Crippen LogP contribution in [0.5, 0.6) is 0 Å². The molecule has 0 amide bonds. The van der Waals surface area contributed by atoms with Crippen molar-refractivity contribution in [1.82, 2.24) is 15.0 Å². The van der Waals surface area contributed by atoms with Crippen molar-refractivity contribution >= 4 is 23.5 Å². The number of rotatable bonds is 8. The fourth-order valence-corrected chi connectivity index (χ4v) is 2.19. The second kappa shape index (κ2) is 8.65. The van der Waals surface area contributed by atoms with Gasteiger partial charge in [-0.15, -0.1) is 0 Å². The maximum atomic E-state index is 12.6. The van der Waals surface area contributed by atoms with E-state index in [1.54, 1.807) is 0 Å². The Labute approximate surface area is 149 Å². The fourth-order valence-electron chi connectivity index (χ4n) is 2.19. The second-order valence-electron chi connectivity index (χ2n) is 5.31. The van der Waals surface area contributed by atoms with Crippen LogP contribution in [0.3, 0.4) is 0 Å². The maximum Gasteiger partial charge on any atom is 0.416 e. The molecule has 142 valence electrons. The van der Waals surface area contributed by atoms with Crippen LogP contribution in [0.25, 0.3) is 0 Å². The third-order valence-electron chi connectivity index (χ3n) is 3.53. The normalized spacial score (nSPS) is 11.3. The lowest BCUT2D eigenvalue weighted by Crippen LogP contribution is -2.25. The number of hydrogen-bond acceptors (Lipinski definition) is 7. The van der Waals surface area contributed by atoms with Gasteiger partial charge in [0.25, 0.3) is 0 Å². The first-order valence-corrected chi connectivity index (χ1v) is 8.17. The SMILES string of the molecule is CCN(CC)c1nc(NCCO)nc(Nc2ccc(C(F)(F)F)cc2)n1. The van der Waals surface area contributed by atoms with E-state index in [0.717, 1.165) is 12.1 Å². The van der Waals surface area contributed by atoms with E-state index in [9.17, 15) is 13.2 Å². The zero-order valence-corrected chi connectivity index (χ0v) is 14.5. The van der Waals surface area contributed by atoms with E-state index in [0.29, 0.717) is 24.7 Å². The summed E-state index contributed by atoms with van der Waals surface area (Å²) in [6.45, 7) is 5.45. The molecule has 0 spiro atoms. The van der Waals surface area contributed by atoms with Crippen molar-refractivity contribution in [3.05, 3.63) is 29.8 Å². The molecule has 1 aromatic heterocycles. The molecule has 0 fully saturated rings. The highest BCUT2D eigenvalue weighted by atomic mass is 19.4. The van der Waals surface area contributed by atoms with E-state index < -0.39 is 11.7 Å². The topological polar surface area (TPSA) is 86.2 Å². The van der Waals surface area contributed by atoms with Crippen molar-refractivity contribution in [2.24, 2.45) is 0 Å². The van der Waals surface area contributed by atoms with Crippen LogP contribution in [0.2, 0.25) is 0 Å². The lowest BCUT2D eigenvalue weighted by Gasteiger charge is -2.20. The van der Waals surface area contributed by atoms with Gasteiger partial charge in [0, 0.05) is 25.3 Å². The number of hydrogen-bond donors (Lipinski definition) is 3. The van der Waals surface area contributed by atoms with E-state index >= 15 is 0 Å². The minimum atomic E-state index is -4.39. The van der Waals surface area contributed by atoms with Crippen LogP contribution < -0.4 is 15.5 Å². The monoisotopic (exact) mass is 370 g/mol. The molecule has 0 aliphatic carbocycles. The fraction of sp³-hybridized carbons (Fsp3) is 0.438. The molecule has 1 aromatic carbocycles. The number of aliphatic hydroxyl groups is 1. The molecule has 2 aromatic rings. The summed E-state index contributed by atoms with van der Waals surface area (Å²) in [6.07, 6.45) is -4.39. The highest BCUT2D eigenvalue weighted by molar-refractivity contribution is 5.56. The molecular formula is C16H21F3N6O. The number of aromatic nitrogens is 3. The second-order valence-corrected chi connectivity index (χ2v) is 5.31. The molecule has 0 saturated carbocycles. The van der Waals surface area contributed by atoms with E-state index in [2.05, 4.69) is 25.6 Å². The summed E-state index contributed by atoms with van der Waals surface area (Å²) in [4.78, 5) is 14.7. The van der Waals surface area contributed by atoms with Gasteiger partial charge in [-0.25, -0.2) is 0 Å². The van der Waals surface area contributed by atoms with Crippen LogP contribution >= 0.6 is 0 Å². The Bertz CT molecular complexity index is 704. The van der Waals surface area contributed by atoms with Gasteiger partial charge < -0.3 is 20.6 Å². The minimum absolute atomic E-state index is 0.0893. The van der Waals surface area contributed by atoms with Crippen LogP contribution in [0.4, 0.5) is 36.7 Å². The Morgan fingerprint density at radius 1 is 1.00 bits per heavy atom. The van der Waals surface area contributed by atoms with E-state index in [-0.39, 0.29) is 25.0 Å². The van der Waals surface area contributed by atoms with Gasteiger partial charge in [0.15, 0.2) is 0 Å². The zero-order valence-electron chi connectivity index (χ0n) is 14.5. The van der Waals surface area contributed by atoms with Crippen molar-refractivity contribution in [3.8, 4) is 0 Å². The van der Waals surface area contributed by atoms with Gasteiger partial charge in [-0.3, -0.25) is 0 Å². The van der Waals surface area contributed by atoms with Gasteiger partial charge in [0.1, 0.15) is 0 Å². The molecule has 0 atom stereocenters. The smallest absolute Gasteiger partial charge is 0.395 e. The Morgan fingerprint density at radius 3 is 2.15 bits per heavy atom. The average Bonchev–Trinajstić information content (AvgIpc) is 2.60. The van der Waals surface area contributed by atoms with Gasteiger partial charge in [-0.1, -0.05) is 0 Å². The number of aliphatic hydroxyl groups excluding tert-OH is 1. The van der Waals surface area contributed by atoms with Crippen molar-refractivity contribution in [1.29, 1.82) is 0 Å². The molecule has 0 bridgehead atoms. The quantitative estimate of drug-likeness (QED) is 0.659. The molecule has 2 rings (SSSR count). The minimum Gasteiger partial charge on any atom is -0.395 e. The predicted molar refractivity (Wildman–Crippen MR) is 93.7 cm³/mol. The molecule has 26 heavy (non-hydrogen) atoms. The van der Waals surface area contributed by atoms with Crippen molar-refractivity contribution in [2.45, 2.75) is 20.0 Å². The van der Waals surface area contributed by atoms with E-state index in [1.807, 2.05) is 18.7 Å². The number of alkyl halides is 3. The van der Waals surface area contributed by atoms with Crippen LogP contribution in [0.15, 0.2) is 24.3 Å². The number of benzene rings is 1. The molecule has 0 aliphatic rings. The summed E-state index contributed by atoms with van der Waals surface area (Å²) in [5, 5.41) is 14.7. The van der Waals surface area contributed by atoms with Crippen LogP contribution in [-0.4, -0.2) is 46.3 Å². The number of nitrogens with one attached hydrogen (secondary N) is 2. The third-order valence-corrected chi connectivity index (χ3v) is 3.53. The van der Waals surface area contributed by atoms with Gasteiger partial charge in [0.05, 0.1) is 12.2 Å². The standard InChI is InChI=1S/C16H21F3N6O/c1-3-25(4-2)15-23-13(20-9-10-26)22-14(24-15)21-12-7-5-11(6-8-12)16(17,18)19/h5-8,26H,3-4,9-10H2,1-2H3,(H2,20,21,22,23,24). The first-order chi connectivity index (χ1) is 12.4. The molecule has 1 heterocycles. The van der Waals surface area contributed by atoms with Crippen molar-refractivity contribution < 1.29 is 18.3 Å². The lowest BCUT2D eigenvalue weighted by molar-refractivity contribution is -0.137. The number of nitrogens with zero attached hydrogens (tertiary/aromatic N) is 4. The van der Waals surface area contributed by atoms with Crippen LogP contribution in [0.1, 0.15) is 19.4 Å². The number of halogens is 3. The zero-order chi connectivity index (χ0) is 19.2. The molecule has 0 saturated heterocycles. The summed E-state index contributed by atoms with van der Waals surface area (Å²) < 4.78 is 37.9. The van der Waals surface area contributed by atoms with Crippen LogP contribution in [-0.2, 0) is 6.18 Å². The molecular weight excluding hydrogens is 349 g/mol. The van der Waals surface area contributed by atoms with E-state index in [1.165, 1.54) is 12.1 Å². The summed E-state index contributed by atoms with van der Waals surface area (Å²) >= 11 is 0. The molecule has 7 nitrogen and oxygen atoms in total. The summed E-state index contributed by atoms with van der Waals surface area (Å²) in [7, 11) is 0. The molecule has 0 radical (unpaired) electrons. The summed E-state index contributed by atoms with van der Waals surface area (Å²) in [6, 6.07) is 4.59. The Hall–Kier alpha value is -2.62. The highest BCUT2D eigenvalue weighted by Crippen LogP contribution is 2.30. The largest absolute Gasteiger partial charge is 0.416 e. The lowest BCUT2D eigenvalue weighted by atomic mass is 10.2. The van der Waals surface area contributed by atoms with Crippen molar-refractivity contribution in [3.63, 3.8) is 0 Å². The Kier molecular flexibility index (Phi) is 6.56. The molecule has 3 N–H and O–H groups in total. The van der Waals surface area contributed by atoms with Crippen molar-refractivity contribution in [2.75, 3.05) is 41.8 Å². The Morgan fingerprint density at radius 2 is 1.62 bits per heavy atom. The van der Waals surface area contributed by atoms with Gasteiger partial charge in [-0.05, 0) is 38.1 Å². The Balaban J connectivity index is 2.27. The van der Waals surface area contributed by atoms with Gasteiger partial charge >= 0.3 is 6.18 Å². The maximum absolute atomic E-state index is 12.6. The molecule has 0 aliphatic heterocycles.